The number of esters is 1. The van der Waals surface area contributed by atoms with Gasteiger partial charge >= 0.3 is 5.97 Å². The molecule has 17 heavy (non-hydrogen) atoms. The third kappa shape index (κ3) is 2.14. The van der Waals surface area contributed by atoms with Crippen LogP contribution in [0.15, 0.2) is 28.4 Å². The van der Waals surface area contributed by atoms with Gasteiger partial charge in [-0.3, -0.25) is 4.79 Å². The number of rotatable bonds is 2. The molecular formula is C12H11NO3S. The van der Waals surface area contributed by atoms with Crippen LogP contribution in [-0.2, 0) is 4.74 Å². The molecule has 1 N–H and O–H groups in total. The molecule has 4 nitrogen and oxygen atoms in total. The second kappa shape index (κ2) is 4.55. The topological polar surface area (TPSA) is 59.2 Å². The Bertz CT molecular complexity index is 612. The number of methoxy groups -OCH3 is 1. The van der Waals surface area contributed by atoms with Gasteiger partial charge in [-0.25, -0.2) is 4.79 Å². The van der Waals surface area contributed by atoms with E-state index in [1.54, 1.807) is 12.1 Å². The van der Waals surface area contributed by atoms with Crippen LogP contribution in [0.2, 0.25) is 0 Å². The van der Waals surface area contributed by atoms with Crippen LogP contribution in [0, 0.1) is 6.92 Å². The number of carbonyl (C=O) groups is 1. The van der Waals surface area contributed by atoms with Crippen LogP contribution >= 0.6 is 11.3 Å². The zero-order valence-electron chi connectivity index (χ0n) is 9.44. The Morgan fingerprint density at radius 2 is 2.18 bits per heavy atom. The van der Waals surface area contributed by atoms with Crippen LogP contribution in [-0.4, -0.2) is 18.1 Å². The van der Waals surface area contributed by atoms with E-state index >= 15 is 0 Å². The number of ether oxygens (including phenoxy) is 1. The number of hydrogen-bond acceptors (Lipinski definition) is 4. The second-order valence-corrected chi connectivity index (χ2v) is 4.42. The number of pyridine rings is 1. The fraction of sp³-hybridized carbons (Fsp3) is 0.167. The number of carbonyl (C=O) groups excluding carboxylic acids is 1. The highest BCUT2D eigenvalue weighted by Crippen LogP contribution is 2.31. The van der Waals surface area contributed by atoms with Crippen molar-refractivity contribution in [2.45, 2.75) is 6.92 Å². The largest absolute Gasteiger partial charge is 0.465 e. The van der Waals surface area contributed by atoms with Crippen LogP contribution in [0.4, 0.5) is 0 Å². The van der Waals surface area contributed by atoms with Crippen molar-refractivity contribution >= 4 is 17.3 Å². The molecule has 0 atom stereocenters. The highest BCUT2D eigenvalue weighted by molar-refractivity contribution is 7.12. The predicted octanol–water partition coefficient (Wildman–Crippen LogP) is 2.20. The van der Waals surface area contributed by atoms with Crippen LogP contribution in [0.5, 0.6) is 0 Å². The number of hydrogen-bond donors (Lipinski definition) is 1. The van der Waals surface area contributed by atoms with Crippen LogP contribution in [0.3, 0.4) is 0 Å². The third-order valence-corrected chi connectivity index (χ3v) is 3.46. The van der Waals surface area contributed by atoms with Crippen molar-refractivity contribution in [3.63, 3.8) is 0 Å². The summed E-state index contributed by atoms with van der Waals surface area (Å²) in [6.07, 6.45) is 0. The van der Waals surface area contributed by atoms with Gasteiger partial charge in [0.15, 0.2) is 0 Å². The van der Waals surface area contributed by atoms with Gasteiger partial charge in [0.1, 0.15) is 4.88 Å². The smallest absolute Gasteiger partial charge is 0.348 e. The van der Waals surface area contributed by atoms with Gasteiger partial charge in [0.2, 0.25) is 5.56 Å². The molecule has 0 aliphatic heterocycles. The molecule has 0 saturated carbocycles. The summed E-state index contributed by atoms with van der Waals surface area (Å²) < 4.78 is 4.72. The fourth-order valence-corrected chi connectivity index (χ4v) is 2.60. The van der Waals surface area contributed by atoms with E-state index in [-0.39, 0.29) is 11.5 Å². The molecule has 2 aromatic heterocycles. The summed E-state index contributed by atoms with van der Waals surface area (Å²) in [4.78, 5) is 26.1. The van der Waals surface area contributed by atoms with Crippen molar-refractivity contribution in [2.24, 2.45) is 0 Å². The maximum absolute atomic E-state index is 11.6. The minimum absolute atomic E-state index is 0.191. The Morgan fingerprint density at radius 1 is 1.41 bits per heavy atom. The van der Waals surface area contributed by atoms with E-state index in [1.165, 1.54) is 24.5 Å². The predicted molar refractivity (Wildman–Crippen MR) is 66.5 cm³/mol. The van der Waals surface area contributed by atoms with E-state index in [4.69, 9.17) is 4.74 Å². The molecular weight excluding hydrogens is 238 g/mol. The molecule has 0 fully saturated rings. The summed E-state index contributed by atoms with van der Waals surface area (Å²) in [5, 5.41) is 1.87. The van der Waals surface area contributed by atoms with Gasteiger partial charge in [0, 0.05) is 11.6 Å². The highest BCUT2D eigenvalue weighted by Gasteiger charge is 2.18. The molecule has 0 aliphatic rings. The zero-order chi connectivity index (χ0) is 12.4. The van der Waals surface area contributed by atoms with Crippen molar-refractivity contribution in [1.82, 2.24) is 4.98 Å². The molecule has 2 rings (SSSR count). The maximum atomic E-state index is 11.6. The Morgan fingerprint density at radius 3 is 2.82 bits per heavy atom. The molecule has 0 radical (unpaired) electrons. The highest BCUT2D eigenvalue weighted by atomic mass is 32.1. The minimum Gasteiger partial charge on any atom is -0.465 e. The van der Waals surface area contributed by atoms with Crippen molar-refractivity contribution in [2.75, 3.05) is 7.11 Å². The number of H-pyrrole nitrogens is 1. The van der Waals surface area contributed by atoms with Crippen molar-refractivity contribution in [3.8, 4) is 11.3 Å². The molecule has 5 heteroatoms. The Kier molecular flexibility index (Phi) is 3.10. The average Bonchev–Trinajstić information content (AvgIpc) is 2.70. The number of aromatic nitrogens is 1. The SMILES string of the molecule is COC(=O)c1scc(C)c1-c1cccc(=O)[nH]1. The lowest BCUT2D eigenvalue weighted by molar-refractivity contribution is 0.0607. The molecule has 88 valence electrons. The van der Waals surface area contributed by atoms with E-state index in [9.17, 15) is 9.59 Å². The summed E-state index contributed by atoms with van der Waals surface area (Å²) in [6, 6.07) is 4.86. The molecule has 0 bridgehead atoms. The van der Waals surface area contributed by atoms with Gasteiger partial charge < -0.3 is 9.72 Å². The van der Waals surface area contributed by atoms with Crippen LogP contribution < -0.4 is 5.56 Å². The zero-order valence-corrected chi connectivity index (χ0v) is 10.3. The summed E-state index contributed by atoms with van der Waals surface area (Å²) in [7, 11) is 1.34. The second-order valence-electron chi connectivity index (χ2n) is 3.54. The average molecular weight is 249 g/mol. The summed E-state index contributed by atoms with van der Waals surface area (Å²) in [5.41, 5.74) is 2.12. The van der Waals surface area contributed by atoms with Gasteiger partial charge in [-0.1, -0.05) is 6.07 Å². The van der Waals surface area contributed by atoms with Gasteiger partial charge in [-0.15, -0.1) is 11.3 Å². The summed E-state index contributed by atoms with van der Waals surface area (Å²) in [5.74, 6) is -0.386. The molecule has 0 amide bonds. The van der Waals surface area contributed by atoms with Crippen molar-refractivity contribution in [1.29, 1.82) is 0 Å². The van der Waals surface area contributed by atoms with Crippen molar-refractivity contribution in [3.05, 3.63) is 44.4 Å². The number of thiophene rings is 1. The van der Waals surface area contributed by atoms with E-state index in [2.05, 4.69) is 4.98 Å². The Hall–Kier alpha value is -1.88. The monoisotopic (exact) mass is 249 g/mol. The fourth-order valence-electron chi connectivity index (χ4n) is 1.62. The maximum Gasteiger partial charge on any atom is 0.348 e. The van der Waals surface area contributed by atoms with E-state index < -0.39 is 0 Å². The lowest BCUT2D eigenvalue weighted by Crippen LogP contribution is -2.06. The Labute approximate surface area is 102 Å². The molecule has 0 spiro atoms. The molecule has 0 aliphatic carbocycles. The van der Waals surface area contributed by atoms with Crippen molar-refractivity contribution < 1.29 is 9.53 Å². The summed E-state index contributed by atoms with van der Waals surface area (Å²) >= 11 is 1.31. The van der Waals surface area contributed by atoms with E-state index in [0.717, 1.165) is 11.1 Å². The first-order valence-electron chi connectivity index (χ1n) is 4.99. The Balaban J connectivity index is 2.62. The third-order valence-electron chi connectivity index (χ3n) is 2.38. The first-order valence-corrected chi connectivity index (χ1v) is 5.87. The van der Waals surface area contributed by atoms with E-state index in [0.29, 0.717) is 10.6 Å². The summed E-state index contributed by atoms with van der Waals surface area (Å²) in [6.45, 7) is 1.89. The van der Waals surface area contributed by atoms with Crippen LogP contribution in [0.25, 0.3) is 11.3 Å². The number of nitrogens with one attached hydrogen (secondary N) is 1. The lowest BCUT2D eigenvalue weighted by Gasteiger charge is -2.03. The molecule has 0 saturated heterocycles. The normalized spacial score (nSPS) is 10.2. The van der Waals surface area contributed by atoms with Gasteiger partial charge in [0.05, 0.1) is 12.8 Å². The first-order chi connectivity index (χ1) is 8.13. The standard InChI is InChI=1S/C12H11NO3S/c1-7-6-17-11(12(15)16-2)10(7)8-4-3-5-9(14)13-8/h3-6H,1-2H3,(H,13,14). The number of aromatic amines is 1. The lowest BCUT2D eigenvalue weighted by atomic mass is 10.1. The molecule has 0 unspecified atom stereocenters. The minimum atomic E-state index is -0.386. The molecule has 2 heterocycles. The molecule has 0 aromatic carbocycles. The van der Waals surface area contributed by atoms with Gasteiger partial charge in [0.25, 0.3) is 0 Å². The first kappa shape index (κ1) is 11.6. The quantitative estimate of drug-likeness (QED) is 0.830. The van der Waals surface area contributed by atoms with Crippen LogP contribution in [0.1, 0.15) is 15.2 Å². The molecule has 2 aromatic rings. The van der Waals surface area contributed by atoms with E-state index in [1.807, 2.05) is 12.3 Å². The van der Waals surface area contributed by atoms with Gasteiger partial charge in [-0.05, 0) is 23.9 Å². The van der Waals surface area contributed by atoms with Gasteiger partial charge in [-0.2, -0.15) is 0 Å². The number of aryl methyl sites for hydroxylation is 1.